The van der Waals surface area contributed by atoms with E-state index in [1.165, 1.54) is 32.4 Å². The third-order valence-electron chi connectivity index (χ3n) is 4.30. The van der Waals surface area contributed by atoms with Crippen LogP contribution in [0.15, 0.2) is 41.3 Å². The zero-order valence-corrected chi connectivity index (χ0v) is 17.9. The molecule has 29 heavy (non-hydrogen) atoms. The standard InChI is InChI=1S/C20H26N2O6S/c1-6-21-29(24,25)19-12-15(8-10-17(19)27-4)20(23)22-13(2)14-7-9-16(26-3)18(11-14)28-5/h7-13,21H,6H2,1-5H3,(H,22,23)/t13-/m1/s1. The zero-order valence-electron chi connectivity index (χ0n) is 17.1. The maximum absolute atomic E-state index is 12.7. The number of benzene rings is 2. The van der Waals surface area contributed by atoms with Crippen molar-refractivity contribution < 1.29 is 27.4 Å². The Kier molecular flexibility index (Phi) is 7.46. The summed E-state index contributed by atoms with van der Waals surface area (Å²) in [4.78, 5) is 12.6. The second-order valence-corrected chi connectivity index (χ2v) is 7.91. The van der Waals surface area contributed by atoms with Gasteiger partial charge in [0, 0.05) is 12.1 Å². The topological polar surface area (TPSA) is 103 Å². The maximum Gasteiger partial charge on any atom is 0.251 e. The fourth-order valence-electron chi connectivity index (χ4n) is 2.78. The molecular weight excluding hydrogens is 396 g/mol. The number of rotatable bonds is 9. The molecule has 0 aliphatic carbocycles. The van der Waals surface area contributed by atoms with Crippen molar-refractivity contribution in [3.63, 3.8) is 0 Å². The summed E-state index contributed by atoms with van der Waals surface area (Å²) in [6.07, 6.45) is 0. The van der Waals surface area contributed by atoms with Crippen molar-refractivity contribution in [2.24, 2.45) is 0 Å². The van der Waals surface area contributed by atoms with E-state index in [9.17, 15) is 13.2 Å². The minimum Gasteiger partial charge on any atom is -0.495 e. The van der Waals surface area contributed by atoms with Gasteiger partial charge < -0.3 is 19.5 Å². The number of sulfonamides is 1. The smallest absolute Gasteiger partial charge is 0.251 e. The van der Waals surface area contributed by atoms with E-state index in [0.717, 1.165) is 5.56 Å². The Labute approximate surface area is 171 Å². The van der Waals surface area contributed by atoms with E-state index in [0.29, 0.717) is 11.5 Å². The monoisotopic (exact) mass is 422 g/mol. The van der Waals surface area contributed by atoms with Crippen LogP contribution >= 0.6 is 0 Å². The van der Waals surface area contributed by atoms with Crippen molar-refractivity contribution >= 4 is 15.9 Å². The molecule has 0 bridgehead atoms. The van der Waals surface area contributed by atoms with Crippen molar-refractivity contribution in [3.8, 4) is 17.2 Å². The van der Waals surface area contributed by atoms with Crippen LogP contribution < -0.4 is 24.2 Å². The molecule has 2 rings (SSSR count). The second kappa shape index (κ2) is 9.62. The van der Waals surface area contributed by atoms with Crippen LogP contribution in [0.3, 0.4) is 0 Å². The zero-order chi connectivity index (χ0) is 21.6. The molecular formula is C20H26N2O6S. The Balaban J connectivity index is 2.29. The summed E-state index contributed by atoms with van der Waals surface area (Å²) in [5, 5.41) is 2.86. The second-order valence-electron chi connectivity index (χ2n) is 6.18. The van der Waals surface area contributed by atoms with Gasteiger partial charge in [-0.15, -0.1) is 0 Å². The van der Waals surface area contributed by atoms with E-state index in [1.54, 1.807) is 26.2 Å². The van der Waals surface area contributed by atoms with E-state index >= 15 is 0 Å². The van der Waals surface area contributed by atoms with Gasteiger partial charge in [-0.05, 0) is 42.8 Å². The number of carbonyl (C=O) groups excluding carboxylic acids is 1. The van der Waals surface area contributed by atoms with Crippen molar-refractivity contribution in [3.05, 3.63) is 47.5 Å². The molecule has 2 N–H and O–H groups in total. The lowest BCUT2D eigenvalue weighted by molar-refractivity contribution is 0.0939. The predicted molar refractivity (Wildman–Crippen MR) is 109 cm³/mol. The molecule has 0 spiro atoms. The quantitative estimate of drug-likeness (QED) is 0.644. The molecule has 0 unspecified atom stereocenters. The molecule has 158 valence electrons. The molecule has 0 aliphatic heterocycles. The van der Waals surface area contributed by atoms with Gasteiger partial charge >= 0.3 is 0 Å². The van der Waals surface area contributed by atoms with E-state index in [-0.39, 0.29) is 28.8 Å². The Bertz CT molecular complexity index is 975. The van der Waals surface area contributed by atoms with Gasteiger partial charge in [-0.3, -0.25) is 4.79 Å². The molecule has 9 heteroatoms. The first-order valence-corrected chi connectivity index (χ1v) is 10.5. The summed E-state index contributed by atoms with van der Waals surface area (Å²) in [5.41, 5.74) is 1.01. The summed E-state index contributed by atoms with van der Waals surface area (Å²) >= 11 is 0. The largest absolute Gasteiger partial charge is 0.495 e. The van der Waals surface area contributed by atoms with Gasteiger partial charge in [0.05, 0.1) is 27.4 Å². The summed E-state index contributed by atoms with van der Waals surface area (Å²) in [7, 11) is 0.666. The van der Waals surface area contributed by atoms with Crippen molar-refractivity contribution in [2.75, 3.05) is 27.9 Å². The Morgan fingerprint density at radius 3 is 2.17 bits per heavy atom. The molecule has 1 atom stereocenters. The summed E-state index contributed by atoms with van der Waals surface area (Å²) in [6.45, 7) is 3.71. The predicted octanol–water partition coefficient (Wildman–Crippen LogP) is 2.50. The molecule has 0 saturated heterocycles. The molecule has 0 aliphatic rings. The molecule has 8 nitrogen and oxygen atoms in total. The van der Waals surface area contributed by atoms with Gasteiger partial charge in [0.1, 0.15) is 10.6 Å². The van der Waals surface area contributed by atoms with Crippen LogP contribution in [0.2, 0.25) is 0 Å². The van der Waals surface area contributed by atoms with Crippen LogP contribution in [0.25, 0.3) is 0 Å². The van der Waals surface area contributed by atoms with Gasteiger partial charge in [-0.25, -0.2) is 13.1 Å². The third kappa shape index (κ3) is 5.18. The van der Waals surface area contributed by atoms with E-state index in [4.69, 9.17) is 14.2 Å². The highest BCUT2D eigenvalue weighted by Crippen LogP contribution is 2.30. The average molecular weight is 423 g/mol. The lowest BCUT2D eigenvalue weighted by Gasteiger charge is -2.17. The van der Waals surface area contributed by atoms with Gasteiger partial charge in [-0.2, -0.15) is 0 Å². The minimum absolute atomic E-state index is 0.0896. The van der Waals surface area contributed by atoms with Crippen LogP contribution in [0, 0.1) is 0 Å². The Morgan fingerprint density at radius 1 is 0.966 bits per heavy atom. The van der Waals surface area contributed by atoms with E-state index < -0.39 is 15.9 Å². The molecule has 2 aromatic rings. The van der Waals surface area contributed by atoms with Gasteiger partial charge in [0.25, 0.3) is 5.91 Å². The number of amides is 1. The van der Waals surface area contributed by atoms with Crippen molar-refractivity contribution in [1.29, 1.82) is 0 Å². The number of hydrogen-bond donors (Lipinski definition) is 2. The fraction of sp³-hybridized carbons (Fsp3) is 0.350. The van der Waals surface area contributed by atoms with Gasteiger partial charge in [-0.1, -0.05) is 13.0 Å². The van der Waals surface area contributed by atoms with Crippen LogP contribution in [0.4, 0.5) is 0 Å². The Morgan fingerprint density at radius 2 is 1.59 bits per heavy atom. The Hall–Kier alpha value is -2.78. The number of methoxy groups -OCH3 is 3. The van der Waals surface area contributed by atoms with Crippen molar-refractivity contribution in [2.45, 2.75) is 24.8 Å². The lowest BCUT2D eigenvalue weighted by Crippen LogP contribution is -2.28. The van der Waals surface area contributed by atoms with E-state index in [2.05, 4.69) is 10.0 Å². The van der Waals surface area contributed by atoms with E-state index in [1.807, 2.05) is 13.0 Å². The molecule has 0 aromatic heterocycles. The first-order chi connectivity index (χ1) is 13.8. The summed E-state index contributed by atoms with van der Waals surface area (Å²) in [5.74, 6) is 0.885. The number of ether oxygens (including phenoxy) is 3. The minimum atomic E-state index is -3.79. The number of nitrogens with one attached hydrogen (secondary N) is 2. The highest BCUT2D eigenvalue weighted by atomic mass is 32.2. The third-order valence-corrected chi connectivity index (χ3v) is 5.87. The lowest BCUT2D eigenvalue weighted by atomic mass is 10.1. The molecule has 0 heterocycles. The molecule has 1 amide bonds. The maximum atomic E-state index is 12.7. The SMILES string of the molecule is CCNS(=O)(=O)c1cc(C(=O)N[C@H](C)c2ccc(OC)c(OC)c2)ccc1OC. The summed E-state index contributed by atoms with van der Waals surface area (Å²) < 4.78 is 42.9. The van der Waals surface area contributed by atoms with Crippen LogP contribution in [-0.4, -0.2) is 42.2 Å². The first kappa shape index (κ1) is 22.5. The molecule has 0 saturated carbocycles. The van der Waals surface area contributed by atoms with Gasteiger partial charge in [0.15, 0.2) is 11.5 Å². The number of hydrogen-bond acceptors (Lipinski definition) is 6. The normalized spacial score (nSPS) is 12.2. The average Bonchev–Trinajstić information content (AvgIpc) is 2.72. The number of carbonyl (C=O) groups is 1. The summed E-state index contributed by atoms with van der Waals surface area (Å²) in [6, 6.07) is 9.28. The van der Waals surface area contributed by atoms with Crippen LogP contribution in [-0.2, 0) is 10.0 Å². The first-order valence-electron chi connectivity index (χ1n) is 8.97. The van der Waals surface area contributed by atoms with Crippen molar-refractivity contribution in [1.82, 2.24) is 10.0 Å². The fourth-order valence-corrected chi connectivity index (χ4v) is 4.02. The molecule has 2 aromatic carbocycles. The van der Waals surface area contributed by atoms with Gasteiger partial charge in [0.2, 0.25) is 10.0 Å². The molecule has 0 fully saturated rings. The van der Waals surface area contributed by atoms with Crippen LogP contribution in [0.1, 0.15) is 35.8 Å². The molecule has 0 radical (unpaired) electrons. The highest BCUT2D eigenvalue weighted by molar-refractivity contribution is 7.89. The highest BCUT2D eigenvalue weighted by Gasteiger charge is 2.22. The van der Waals surface area contributed by atoms with Crippen LogP contribution in [0.5, 0.6) is 17.2 Å².